The predicted octanol–water partition coefficient (Wildman–Crippen LogP) is 1.24. The largest absolute Gasteiger partial charge is 0.408 e. The first-order chi connectivity index (χ1) is 6.90. The van der Waals surface area contributed by atoms with E-state index in [9.17, 15) is 0 Å². The Labute approximate surface area is 83.3 Å². The normalized spacial score (nSPS) is 15.9. The van der Waals surface area contributed by atoms with Crippen molar-refractivity contribution in [2.45, 2.75) is 26.2 Å². The standard InChI is InChI=1S/C10H13N3O/c1-2-9-11-12-10(14-9)13-7-5-3-4-6-8-13/h2,5-8H2,1H3. The van der Waals surface area contributed by atoms with E-state index in [1.165, 1.54) is 0 Å². The maximum atomic E-state index is 5.48. The molecule has 1 aliphatic heterocycles. The van der Waals surface area contributed by atoms with E-state index in [-0.39, 0.29) is 0 Å². The average molecular weight is 191 g/mol. The third-order valence-electron chi connectivity index (χ3n) is 2.17. The Hall–Kier alpha value is -1.50. The number of hydrogen-bond acceptors (Lipinski definition) is 4. The van der Waals surface area contributed by atoms with Crippen molar-refractivity contribution in [2.24, 2.45) is 0 Å². The smallest absolute Gasteiger partial charge is 0.318 e. The molecule has 0 amide bonds. The number of anilines is 1. The summed E-state index contributed by atoms with van der Waals surface area (Å²) in [5.41, 5.74) is 0. The van der Waals surface area contributed by atoms with Crippen molar-refractivity contribution in [1.82, 2.24) is 10.2 Å². The topological polar surface area (TPSA) is 42.2 Å². The molecule has 1 aromatic rings. The molecule has 0 N–H and O–H groups in total. The van der Waals surface area contributed by atoms with E-state index < -0.39 is 0 Å². The summed E-state index contributed by atoms with van der Waals surface area (Å²) in [6, 6.07) is 0.632. The van der Waals surface area contributed by atoms with Crippen LogP contribution in [0.4, 0.5) is 6.01 Å². The molecule has 0 spiro atoms. The lowest BCUT2D eigenvalue weighted by atomic mass is 10.4. The Morgan fingerprint density at radius 2 is 2.00 bits per heavy atom. The second-order valence-electron chi connectivity index (χ2n) is 3.17. The van der Waals surface area contributed by atoms with Gasteiger partial charge in [0.15, 0.2) is 0 Å². The fourth-order valence-electron chi connectivity index (χ4n) is 1.38. The highest BCUT2D eigenvalue weighted by Crippen LogP contribution is 2.14. The van der Waals surface area contributed by atoms with Gasteiger partial charge in [0.25, 0.3) is 0 Å². The Bertz CT molecular complexity index is 349. The summed E-state index contributed by atoms with van der Waals surface area (Å²) in [7, 11) is 0. The van der Waals surface area contributed by atoms with Crippen LogP contribution in [0.25, 0.3) is 0 Å². The van der Waals surface area contributed by atoms with Gasteiger partial charge in [0.1, 0.15) is 0 Å². The molecule has 1 aliphatic rings. The summed E-state index contributed by atoms with van der Waals surface area (Å²) in [6.07, 6.45) is 2.55. The Balaban J connectivity index is 2.06. The lowest BCUT2D eigenvalue weighted by Crippen LogP contribution is -2.24. The van der Waals surface area contributed by atoms with Gasteiger partial charge in [0.05, 0.1) is 0 Å². The molecular formula is C10H13N3O. The molecule has 0 aromatic carbocycles. The van der Waals surface area contributed by atoms with Crippen LogP contribution in [0.15, 0.2) is 4.42 Å². The molecular weight excluding hydrogens is 178 g/mol. The van der Waals surface area contributed by atoms with Gasteiger partial charge in [-0.3, -0.25) is 0 Å². The minimum absolute atomic E-state index is 0.632. The van der Waals surface area contributed by atoms with Crippen molar-refractivity contribution in [2.75, 3.05) is 18.0 Å². The summed E-state index contributed by atoms with van der Waals surface area (Å²) >= 11 is 0. The molecule has 0 bridgehead atoms. The van der Waals surface area contributed by atoms with E-state index >= 15 is 0 Å². The highest BCUT2D eigenvalue weighted by molar-refractivity contribution is 5.26. The first kappa shape index (κ1) is 9.07. The number of rotatable bonds is 2. The lowest BCUT2D eigenvalue weighted by molar-refractivity contribution is 0.489. The van der Waals surface area contributed by atoms with E-state index in [0.717, 1.165) is 32.4 Å². The van der Waals surface area contributed by atoms with Crippen LogP contribution in [-0.4, -0.2) is 23.3 Å². The molecule has 0 fully saturated rings. The summed E-state index contributed by atoms with van der Waals surface area (Å²) in [4.78, 5) is 2.08. The first-order valence-corrected chi connectivity index (χ1v) is 4.93. The lowest BCUT2D eigenvalue weighted by Gasteiger charge is -2.15. The molecule has 0 radical (unpaired) electrons. The molecule has 0 aliphatic carbocycles. The number of aryl methyl sites for hydroxylation is 1. The van der Waals surface area contributed by atoms with Crippen LogP contribution in [0.3, 0.4) is 0 Å². The zero-order chi connectivity index (χ0) is 9.80. The minimum atomic E-state index is 0.632. The van der Waals surface area contributed by atoms with Gasteiger partial charge in [0.2, 0.25) is 5.89 Å². The number of aromatic nitrogens is 2. The Morgan fingerprint density at radius 3 is 2.57 bits per heavy atom. The van der Waals surface area contributed by atoms with Crippen LogP contribution in [0.5, 0.6) is 0 Å². The van der Waals surface area contributed by atoms with Gasteiger partial charge in [-0.05, 0) is 0 Å². The third-order valence-corrected chi connectivity index (χ3v) is 2.17. The fourth-order valence-corrected chi connectivity index (χ4v) is 1.38. The quantitative estimate of drug-likeness (QED) is 0.659. The zero-order valence-electron chi connectivity index (χ0n) is 8.29. The maximum Gasteiger partial charge on any atom is 0.318 e. The molecule has 0 atom stereocenters. The molecule has 4 nitrogen and oxygen atoms in total. The maximum absolute atomic E-state index is 5.48. The molecule has 1 aromatic heterocycles. The van der Waals surface area contributed by atoms with E-state index in [2.05, 4.69) is 26.9 Å². The van der Waals surface area contributed by atoms with Crippen molar-refractivity contribution in [1.29, 1.82) is 0 Å². The van der Waals surface area contributed by atoms with E-state index in [1.54, 1.807) is 0 Å². The Kier molecular flexibility index (Phi) is 2.68. The minimum Gasteiger partial charge on any atom is -0.408 e. The van der Waals surface area contributed by atoms with Crippen LogP contribution >= 0.6 is 0 Å². The highest BCUT2D eigenvalue weighted by Gasteiger charge is 2.13. The fraction of sp³-hybridized carbons (Fsp3) is 0.600. The van der Waals surface area contributed by atoms with Gasteiger partial charge in [0, 0.05) is 32.4 Å². The molecule has 0 unspecified atom stereocenters. The molecule has 14 heavy (non-hydrogen) atoms. The molecule has 2 rings (SSSR count). The predicted molar refractivity (Wildman–Crippen MR) is 52.9 cm³/mol. The van der Waals surface area contributed by atoms with Crippen molar-refractivity contribution < 1.29 is 4.42 Å². The van der Waals surface area contributed by atoms with Crippen LogP contribution in [0.1, 0.15) is 25.7 Å². The molecule has 74 valence electrons. The summed E-state index contributed by atoms with van der Waals surface area (Å²) in [6.45, 7) is 3.78. The first-order valence-electron chi connectivity index (χ1n) is 4.93. The molecule has 0 saturated carbocycles. The summed E-state index contributed by atoms with van der Waals surface area (Å²) in [5.74, 6) is 6.87. The van der Waals surface area contributed by atoms with Crippen LogP contribution < -0.4 is 4.90 Å². The van der Waals surface area contributed by atoms with Crippen molar-refractivity contribution >= 4 is 6.01 Å². The zero-order valence-corrected chi connectivity index (χ0v) is 8.29. The van der Waals surface area contributed by atoms with Gasteiger partial charge in [-0.15, -0.1) is 16.9 Å². The summed E-state index contributed by atoms with van der Waals surface area (Å²) < 4.78 is 5.48. The van der Waals surface area contributed by atoms with Crippen LogP contribution in [0, 0.1) is 11.8 Å². The van der Waals surface area contributed by atoms with Gasteiger partial charge in [-0.2, -0.15) is 0 Å². The Morgan fingerprint density at radius 1 is 1.29 bits per heavy atom. The number of hydrogen-bond donors (Lipinski definition) is 0. The summed E-state index contributed by atoms with van der Waals surface area (Å²) in [5, 5.41) is 7.95. The SMILES string of the molecule is CCc1nnc(N2CCC#CCC2)o1. The second-order valence-corrected chi connectivity index (χ2v) is 3.17. The van der Waals surface area contributed by atoms with Gasteiger partial charge < -0.3 is 9.32 Å². The monoisotopic (exact) mass is 191 g/mol. The average Bonchev–Trinajstić information content (AvgIpc) is 2.53. The van der Waals surface area contributed by atoms with E-state index in [1.807, 2.05) is 6.92 Å². The van der Waals surface area contributed by atoms with Crippen LogP contribution in [-0.2, 0) is 6.42 Å². The van der Waals surface area contributed by atoms with Crippen LogP contribution in [0.2, 0.25) is 0 Å². The van der Waals surface area contributed by atoms with Gasteiger partial charge in [-0.25, -0.2) is 0 Å². The molecule has 0 saturated heterocycles. The van der Waals surface area contributed by atoms with E-state index in [4.69, 9.17) is 4.42 Å². The van der Waals surface area contributed by atoms with Crippen molar-refractivity contribution in [3.63, 3.8) is 0 Å². The second kappa shape index (κ2) is 4.14. The molecule has 2 heterocycles. The third kappa shape index (κ3) is 1.87. The molecule has 4 heteroatoms. The van der Waals surface area contributed by atoms with Gasteiger partial charge in [-0.1, -0.05) is 12.0 Å². The highest BCUT2D eigenvalue weighted by atomic mass is 16.4. The van der Waals surface area contributed by atoms with Gasteiger partial charge >= 0.3 is 6.01 Å². The number of nitrogens with zero attached hydrogens (tertiary/aromatic N) is 3. The van der Waals surface area contributed by atoms with Crippen molar-refractivity contribution in [3.05, 3.63) is 5.89 Å². The van der Waals surface area contributed by atoms with E-state index in [0.29, 0.717) is 11.9 Å². The van der Waals surface area contributed by atoms with Crippen molar-refractivity contribution in [3.8, 4) is 11.8 Å².